The molecule has 0 atom stereocenters. The fourth-order valence-electron chi connectivity index (χ4n) is 3.24. The number of hydrogen-bond donors (Lipinski definition) is 0. The van der Waals surface area contributed by atoms with Crippen molar-refractivity contribution < 1.29 is 9.53 Å². The fourth-order valence-corrected chi connectivity index (χ4v) is 3.71. The smallest absolute Gasteiger partial charge is 0.337 e. The second-order valence-electron chi connectivity index (χ2n) is 6.73. The van der Waals surface area contributed by atoms with Gasteiger partial charge in [-0.25, -0.2) is 9.78 Å². The summed E-state index contributed by atoms with van der Waals surface area (Å²) in [6.45, 7) is 0.607. The van der Waals surface area contributed by atoms with Gasteiger partial charge < -0.3 is 9.30 Å². The molecule has 0 aliphatic carbocycles. The van der Waals surface area contributed by atoms with E-state index in [1.165, 1.54) is 7.11 Å². The molecule has 0 spiro atoms. The highest BCUT2D eigenvalue weighted by molar-refractivity contribution is 6.35. The summed E-state index contributed by atoms with van der Waals surface area (Å²) in [7, 11) is 1.37. The molecular formula is C24H18Cl2N2O2. The van der Waals surface area contributed by atoms with Gasteiger partial charge in [0.2, 0.25) is 0 Å². The maximum absolute atomic E-state index is 11.7. The van der Waals surface area contributed by atoms with E-state index < -0.39 is 0 Å². The maximum atomic E-state index is 11.7. The highest BCUT2D eigenvalue weighted by atomic mass is 35.5. The number of benzene rings is 3. The van der Waals surface area contributed by atoms with Gasteiger partial charge >= 0.3 is 5.97 Å². The molecule has 6 heteroatoms. The van der Waals surface area contributed by atoms with E-state index in [0.717, 1.165) is 28.0 Å². The van der Waals surface area contributed by atoms with Crippen LogP contribution in [0.15, 0.2) is 66.7 Å². The predicted octanol–water partition coefficient (Wildman–Crippen LogP) is 6.35. The molecule has 0 unspecified atom stereocenters. The van der Waals surface area contributed by atoms with Crippen LogP contribution in [-0.2, 0) is 11.3 Å². The van der Waals surface area contributed by atoms with E-state index in [9.17, 15) is 4.79 Å². The quantitative estimate of drug-likeness (QED) is 0.342. The lowest BCUT2D eigenvalue weighted by atomic mass is 10.1. The number of halogens is 2. The number of aromatic nitrogens is 2. The van der Waals surface area contributed by atoms with Crippen molar-refractivity contribution in [1.29, 1.82) is 0 Å². The zero-order valence-corrected chi connectivity index (χ0v) is 17.7. The van der Waals surface area contributed by atoms with Crippen LogP contribution in [0, 0.1) is 0 Å². The largest absolute Gasteiger partial charge is 0.465 e. The Morgan fingerprint density at radius 3 is 2.53 bits per heavy atom. The van der Waals surface area contributed by atoms with Gasteiger partial charge in [-0.2, -0.15) is 0 Å². The molecule has 4 rings (SSSR count). The van der Waals surface area contributed by atoms with Crippen molar-refractivity contribution >= 4 is 52.4 Å². The average Bonchev–Trinajstić information content (AvgIpc) is 3.10. The highest BCUT2D eigenvalue weighted by Crippen LogP contribution is 2.24. The standard InChI is InChI=1S/C24H18Cl2N2O2/c1-30-24(29)18-8-6-16(7-9-18)15-28-22-5-3-2-4-21(22)27-23(28)13-11-17-10-12-19(25)14-20(17)26/h2-14H,15H2,1H3. The maximum Gasteiger partial charge on any atom is 0.337 e. The van der Waals surface area contributed by atoms with E-state index in [-0.39, 0.29) is 5.97 Å². The first-order chi connectivity index (χ1) is 14.5. The Kier molecular flexibility index (Phi) is 5.88. The third-order valence-corrected chi connectivity index (χ3v) is 5.34. The molecule has 0 saturated heterocycles. The molecule has 150 valence electrons. The highest BCUT2D eigenvalue weighted by Gasteiger charge is 2.10. The summed E-state index contributed by atoms with van der Waals surface area (Å²) in [5.41, 5.74) is 4.36. The van der Waals surface area contributed by atoms with Gasteiger partial charge in [-0.1, -0.05) is 53.5 Å². The van der Waals surface area contributed by atoms with E-state index in [4.69, 9.17) is 32.9 Å². The van der Waals surface area contributed by atoms with Crippen LogP contribution in [0.2, 0.25) is 10.0 Å². The Labute approximate surface area is 184 Å². The number of para-hydroxylation sites is 2. The molecular weight excluding hydrogens is 419 g/mol. The van der Waals surface area contributed by atoms with Crippen molar-refractivity contribution in [2.45, 2.75) is 6.54 Å². The summed E-state index contributed by atoms with van der Waals surface area (Å²) < 4.78 is 6.90. The number of fused-ring (bicyclic) bond motifs is 1. The Morgan fingerprint density at radius 2 is 1.80 bits per heavy atom. The van der Waals surface area contributed by atoms with Gasteiger partial charge in [-0.15, -0.1) is 0 Å². The summed E-state index contributed by atoms with van der Waals surface area (Å²) in [4.78, 5) is 16.4. The number of esters is 1. The molecule has 0 saturated carbocycles. The Hall–Kier alpha value is -3.08. The van der Waals surface area contributed by atoms with Crippen LogP contribution in [0.25, 0.3) is 23.2 Å². The minimum Gasteiger partial charge on any atom is -0.465 e. The second kappa shape index (κ2) is 8.74. The lowest BCUT2D eigenvalue weighted by Crippen LogP contribution is -2.04. The van der Waals surface area contributed by atoms with Crippen LogP contribution in [0.5, 0.6) is 0 Å². The first kappa shape index (κ1) is 20.2. The summed E-state index contributed by atoms with van der Waals surface area (Å²) in [6, 6.07) is 20.8. The molecule has 4 aromatic rings. The first-order valence-electron chi connectivity index (χ1n) is 9.31. The zero-order valence-electron chi connectivity index (χ0n) is 16.2. The van der Waals surface area contributed by atoms with E-state index >= 15 is 0 Å². The lowest BCUT2D eigenvalue weighted by Gasteiger charge is -2.08. The SMILES string of the molecule is COC(=O)c1ccc(Cn2c(C=Cc3ccc(Cl)cc3Cl)nc3ccccc32)cc1. The number of carbonyl (C=O) groups excluding carboxylic acids is 1. The minimum absolute atomic E-state index is 0.349. The number of ether oxygens (including phenoxy) is 1. The molecule has 30 heavy (non-hydrogen) atoms. The summed E-state index contributed by atoms with van der Waals surface area (Å²) >= 11 is 12.3. The molecule has 1 heterocycles. The van der Waals surface area contributed by atoms with Crippen molar-refractivity contribution in [2.75, 3.05) is 7.11 Å². The molecule has 1 aromatic heterocycles. The van der Waals surface area contributed by atoms with Crippen molar-refractivity contribution in [3.63, 3.8) is 0 Å². The number of carbonyl (C=O) groups is 1. The number of methoxy groups -OCH3 is 1. The van der Waals surface area contributed by atoms with Crippen molar-refractivity contribution in [3.05, 3.63) is 99.3 Å². The van der Waals surface area contributed by atoms with Crippen LogP contribution >= 0.6 is 23.2 Å². The van der Waals surface area contributed by atoms with Crippen molar-refractivity contribution in [3.8, 4) is 0 Å². The molecule has 3 aromatic carbocycles. The molecule has 0 N–H and O–H groups in total. The Balaban J connectivity index is 1.70. The monoisotopic (exact) mass is 436 g/mol. The van der Waals surface area contributed by atoms with Gasteiger partial charge in [0, 0.05) is 16.6 Å². The average molecular weight is 437 g/mol. The molecule has 0 radical (unpaired) electrons. The van der Waals surface area contributed by atoms with Gasteiger partial charge in [0.1, 0.15) is 5.82 Å². The molecule has 0 fully saturated rings. The minimum atomic E-state index is -0.349. The van der Waals surface area contributed by atoms with Crippen molar-refractivity contribution in [2.24, 2.45) is 0 Å². The molecule has 0 aliphatic rings. The lowest BCUT2D eigenvalue weighted by molar-refractivity contribution is 0.0600. The van der Waals surface area contributed by atoms with Crippen LogP contribution in [0.3, 0.4) is 0 Å². The van der Waals surface area contributed by atoms with Gasteiger partial charge in [-0.05, 0) is 59.7 Å². The van der Waals surface area contributed by atoms with Crippen molar-refractivity contribution in [1.82, 2.24) is 9.55 Å². The third kappa shape index (κ3) is 4.25. The summed E-state index contributed by atoms with van der Waals surface area (Å²) in [5.74, 6) is 0.456. The number of nitrogens with zero attached hydrogens (tertiary/aromatic N) is 2. The van der Waals surface area contributed by atoms with E-state index in [1.54, 1.807) is 24.3 Å². The van der Waals surface area contributed by atoms with E-state index in [2.05, 4.69) is 4.57 Å². The van der Waals surface area contributed by atoms with Gasteiger partial charge in [0.15, 0.2) is 0 Å². The molecule has 0 bridgehead atoms. The number of imidazole rings is 1. The Morgan fingerprint density at radius 1 is 1.03 bits per heavy atom. The molecule has 0 aliphatic heterocycles. The zero-order chi connectivity index (χ0) is 21.1. The Bertz CT molecular complexity index is 1240. The first-order valence-corrected chi connectivity index (χ1v) is 10.1. The predicted molar refractivity (Wildman–Crippen MR) is 122 cm³/mol. The third-order valence-electron chi connectivity index (χ3n) is 4.77. The normalized spacial score (nSPS) is 11.3. The topological polar surface area (TPSA) is 44.1 Å². The van der Waals surface area contributed by atoms with Gasteiger partial charge in [0.05, 0.1) is 23.7 Å². The number of hydrogen-bond acceptors (Lipinski definition) is 3. The second-order valence-corrected chi connectivity index (χ2v) is 7.58. The van der Waals surface area contributed by atoms with Crippen LogP contribution in [0.4, 0.5) is 0 Å². The molecule has 4 nitrogen and oxygen atoms in total. The van der Waals surface area contributed by atoms with Crippen LogP contribution in [-0.4, -0.2) is 22.6 Å². The number of rotatable bonds is 5. The summed E-state index contributed by atoms with van der Waals surface area (Å²) in [6.07, 6.45) is 3.87. The fraction of sp³-hybridized carbons (Fsp3) is 0.0833. The van der Waals surface area contributed by atoms with E-state index in [1.807, 2.05) is 54.6 Å². The van der Waals surface area contributed by atoms with Gasteiger partial charge in [-0.3, -0.25) is 0 Å². The summed E-state index contributed by atoms with van der Waals surface area (Å²) in [5, 5.41) is 1.18. The molecule has 0 amide bonds. The van der Waals surface area contributed by atoms with Crippen LogP contribution < -0.4 is 0 Å². The van der Waals surface area contributed by atoms with E-state index in [0.29, 0.717) is 22.2 Å². The van der Waals surface area contributed by atoms with Crippen LogP contribution in [0.1, 0.15) is 27.3 Å². The van der Waals surface area contributed by atoms with Gasteiger partial charge in [0.25, 0.3) is 0 Å².